The molecule has 0 saturated heterocycles. The zero-order valence-electron chi connectivity index (χ0n) is 26.2. The number of nitrogens with zero attached hydrogens (tertiary/aromatic N) is 3. The lowest BCUT2D eigenvalue weighted by atomic mass is 10.1. The van der Waals surface area contributed by atoms with Crippen LogP contribution in [0.1, 0.15) is 60.3 Å². The number of para-hydroxylation sites is 1. The second-order valence-electron chi connectivity index (χ2n) is 11.8. The van der Waals surface area contributed by atoms with Gasteiger partial charge in [0.15, 0.2) is 5.82 Å². The number of nitrogen functional groups attached to an aromatic ring is 1. The molecule has 3 N–H and O–H groups in total. The number of carbonyl (C=O) groups excluding carboxylic acids is 1. The lowest BCUT2D eigenvalue weighted by molar-refractivity contribution is -0.158. The van der Waals surface area contributed by atoms with E-state index in [-0.39, 0.29) is 24.9 Å². The molecule has 0 aliphatic heterocycles. The number of pyridine rings is 1. The molecule has 3 atom stereocenters. The van der Waals surface area contributed by atoms with Gasteiger partial charge in [-0.1, -0.05) is 43.6 Å². The van der Waals surface area contributed by atoms with E-state index in [4.69, 9.17) is 40.8 Å². The molecule has 0 bridgehead atoms. The van der Waals surface area contributed by atoms with Crippen LogP contribution in [-0.4, -0.2) is 45.4 Å². The van der Waals surface area contributed by atoms with E-state index < -0.39 is 31.4 Å². The minimum atomic E-state index is -4.19. The molecule has 44 heavy (non-hydrogen) atoms. The van der Waals surface area contributed by atoms with Crippen molar-refractivity contribution in [2.75, 3.05) is 18.9 Å². The molecule has 0 aliphatic rings. The maximum Gasteiger partial charge on any atom is 0.459 e. The number of aromatic nitrogens is 3. The molecule has 0 amide bonds. The molecule has 11 nitrogen and oxygen atoms in total. The molecule has 238 valence electrons. The fraction of sp³-hybridized carbons (Fsp3) is 0.452. The van der Waals surface area contributed by atoms with Crippen molar-refractivity contribution in [1.82, 2.24) is 19.6 Å². The summed E-state index contributed by atoms with van der Waals surface area (Å²) in [6.45, 7) is 13.4. The van der Waals surface area contributed by atoms with Crippen molar-refractivity contribution in [1.29, 1.82) is 0 Å². The van der Waals surface area contributed by atoms with Crippen molar-refractivity contribution in [3.8, 4) is 5.75 Å². The van der Waals surface area contributed by atoms with Crippen LogP contribution < -0.4 is 15.3 Å². The first kappa shape index (κ1) is 33.7. The Balaban J connectivity index is 1.72. The standard InChI is InChI=1S/C31H41ClN5O6P/c1-8-40-18-25-35-27-28(23-11-9-10-12-24(23)34-29(27)33)37(25)20(4)17-41-44(39,43-22-15-13-21(32)14-16-22)36-26(19(2)3)30(38)42-31(5,6)7/h9-16,19-20,26H,8,17-18H2,1-7H3,(H2,33,34)(H,36,39)/t20-,26-,44-/m0/s1. The van der Waals surface area contributed by atoms with Gasteiger partial charge in [0.05, 0.1) is 23.7 Å². The second-order valence-corrected chi connectivity index (χ2v) is 13.9. The van der Waals surface area contributed by atoms with Gasteiger partial charge in [0, 0.05) is 17.0 Å². The second kappa shape index (κ2) is 13.8. The predicted molar refractivity (Wildman–Crippen MR) is 173 cm³/mol. The van der Waals surface area contributed by atoms with Gasteiger partial charge in [-0.25, -0.2) is 14.5 Å². The normalized spacial score (nSPS) is 14.9. The van der Waals surface area contributed by atoms with Crippen LogP contribution >= 0.6 is 19.3 Å². The number of ether oxygens (including phenoxy) is 2. The number of hydrogen-bond donors (Lipinski definition) is 2. The van der Waals surface area contributed by atoms with Gasteiger partial charge in [0.1, 0.15) is 35.3 Å². The van der Waals surface area contributed by atoms with Crippen molar-refractivity contribution < 1.29 is 27.9 Å². The smallest absolute Gasteiger partial charge is 0.459 e. The Labute approximate surface area is 263 Å². The zero-order valence-corrected chi connectivity index (χ0v) is 27.8. The largest absolute Gasteiger partial charge is 0.459 e. The van der Waals surface area contributed by atoms with E-state index in [2.05, 4.69) is 10.1 Å². The van der Waals surface area contributed by atoms with Crippen LogP contribution in [0.3, 0.4) is 0 Å². The van der Waals surface area contributed by atoms with E-state index in [0.717, 1.165) is 10.9 Å². The molecule has 0 unspecified atom stereocenters. The van der Waals surface area contributed by atoms with Gasteiger partial charge in [-0.15, -0.1) is 0 Å². The highest BCUT2D eigenvalue weighted by Crippen LogP contribution is 2.47. The summed E-state index contributed by atoms with van der Waals surface area (Å²) in [7, 11) is -4.19. The summed E-state index contributed by atoms with van der Waals surface area (Å²) in [5, 5.41) is 4.20. The Bertz CT molecular complexity index is 1650. The van der Waals surface area contributed by atoms with Crippen LogP contribution in [0.4, 0.5) is 5.82 Å². The molecule has 4 aromatic rings. The topological polar surface area (TPSA) is 140 Å². The fourth-order valence-electron chi connectivity index (χ4n) is 4.65. The quantitative estimate of drug-likeness (QED) is 0.114. The van der Waals surface area contributed by atoms with Gasteiger partial charge < -0.3 is 24.3 Å². The van der Waals surface area contributed by atoms with E-state index in [1.54, 1.807) is 45.0 Å². The molecular weight excluding hydrogens is 605 g/mol. The zero-order chi connectivity index (χ0) is 32.2. The number of anilines is 1. The average Bonchev–Trinajstić information content (AvgIpc) is 3.34. The Morgan fingerprint density at radius 2 is 1.77 bits per heavy atom. The first-order valence-corrected chi connectivity index (χ1v) is 16.5. The van der Waals surface area contributed by atoms with E-state index in [1.165, 1.54) is 0 Å². The molecule has 0 saturated carbocycles. The van der Waals surface area contributed by atoms with Gasteiger partial charge in [-0.05, 0) is 70.9 Å². The highest BCUT2D eigenvalue weighted by atomic mass is 35.5. The lowest BCUT2D eigenvalue weighted by Crippen LogP contribution is -2.44. The Morgan fingerprint density at radius 3 is 2.41 bits per heavy atom. The maximum absolute atomic E-state index is 14.4. The van der Waals surface area contributed by atoms with Crippen LogP contribution in [0.25, 0.3) is 21.9 Å². The molecule has 4 rings (SSSR count). The highest BCUT2D eigenvalue weighted by Gasteiger charge is 2.38. The highest BCUT2D eigenvalue weighted by molar-refractivity contribution is 7.52. The van der Waals surface area contributed by atoms with E-state index >= 15 is 0 Å². The van der Waals surface area contributed by atoms with Crippen LogP contribution in [0, 0.1) is 5.92 Å². The predicted octanol–water partition coefficient (Wildman–Crippen LogP) is 7.08. The number of halogens is 1. The summed E-state index contributed by atoms with van der Waals surface area (Å²) in [6, 6.07) is 12.6. The van der Waals surface area contributed by atoms with Crippen molar-refractivity contribution in [2.45, 2.75) is 72.8 Å². The lowest BCUT2D eigenvalue weighted by Gasteiger charge is -2.30. The first-order chi connectivity index (χ1) is 20.7. The third-order valence-corrected chi connectivity index (χ3v) is 8.44. The third-order valence-electron chi connectivity index (χ3n) is 6.65. The molecule has 13 heteroatoms. The van der Waals surface area contributed by atoms with Crippen LogP contribution in [-0.2, 0) is 30.0 Å². The van der Waals surface area contributed by atoms with Crippen molar-refractivity contribution in [3.05, 3.63) is 59.4 Å². The Kier molecular flexibility index (Phi) is 10.6. The van der Waals surface area contributed by atoms with Gasteiger partial charge in [0.2, 0.25) is 0 Å². The molecule has 2 heterocycles. The van der Waals surface area contributed by atoms with Crippen molar-refractivity contribution in [2.24, 2.45) is 5.92 Å². The number of rotatable bonds is 13. The summed E-state index contributed by atoms with van der Waals surface area (Å²) in [4.78, 5) is 22.5. The van der Waals surface area contributed by atoms with Crippen LogP contribution in [0.15, 0.2) is 48.5 Å². The first-order valence-electron chi connectivity index (χ1n) is 14.5. The Hall–Kier alpha value is -3.21. The van der Waals surface area contributed by atoms with Gasteiger partial charge >= 0.3 is 13.7 Å². The number of esters is 1. The van der Waals surface area contributed by atoms with E-state index in [9.17, 15) is 9.36 Å². The van der Waals surface area contributed by atoms with E-state index in [0.29, 0.717) is 34.3 Å². The minimum Gasteiger partial charge on any atom is -0.459 e. The number of nitrogens with two attached hydrogens (primary N) is 1. The number of imidazole rings is 1. The summed E-state index contributed by atoms with van der Waals surface area (Å²) in [5.41, 5.74) is 7.60. The van der Waals surface area contributed by atoms with Gasteiger partial charge in [-0.2, -0.15) is 5.09 Å². The molecule has 2 aromatic heterocycles. The summed E-state index contributed by atoms with van der Waals surface area (Å²) in [6.07, 6.45) is 0. The summed E-state index contributed by atoms with van der Waals surface area (Å²) in [5.74, 6) is 0.278. The van der Waals surface area contributed by atoms with Gasteiger partial charge in [0.25, 0.3) is 0 Å². The SMILES string of the molecule is CCOCc1nc2c(N)nc3ccccc3c2n1[C@@H](C)CO[P@@](=O)(N[C@H](C(=O)OC(C)(C)C)C(C)C)Oc1ccc(Cl)cc1. The van der Waals surface area contributed by atoms with Crippen LogP contribution in [0.5, 0.6) is 5.75 Å². The van der Waals surface area contributed by atoms with Crippen molar-refractivity contribution >= 4 is 53.1 Å². The molecule has 0 radical (unpaired) electrons. The monoisotopic (exact) mass is 645 g/mol. The number of hydrogen-bond acceptors (Lipinski definition) is 9. The van der Waals surface area contributed by atoms with E-state index in [1.807, 2.05) is 56.5 Å². The fourth-order valence-corrected chi connectivity index (χ4v) is 6.51. The van der Waals surface area contributed by atoms with Gasteiger partial charge in [-0.3, -0.25) is 9.32 Å². The van der Waals surface area contributed by atoms with Crippen LogP contribution in [0.2, 0.25) is 5.02 Å². The number of nitrogens with one attached hydrogen (secondary N) is 1. The number of fused-ring (bicyclic) bond motifs is 3. The molecule has 0 fully saturated rings. The molecule has 0 aliphatic carbocycles. The summed E-state index contributed by atoms with van der Waals surface area (Å²) < 4.78 is 39.8. The molecule has 2 aromatic carbocycles. The maximum atomic E-state index is 14.4. The third kappa shape index (κ3) is 8.08. The number of benzene rings is 2. The van der Waals surface area contributed by atoms with Crippen molar-refractivity contribution in [3.63, 3.8) is 0 Å². The molecular formula is C31H41ClN5O6P. The summed E-state index contributed by atoms with van der Waals surface area (Å²) >= 11 is 6.06. The molecule has 0 spiro atoms. The minimum absolute atomic E-state index is 0.0852. The number of carbonyl (C=O) groups is 1. The Morgan fingerprint density at radius 1 is 1.09 bits per heavy atom. The average molecular weight is 646 g/mol.